The van der Waals surface area contributed by atoms with Gasteiger partial charge in [-0.15, -0.1) is 0 Å². The number of carbonyl (C=O) groups excluding carboxylic acids is 1. The van der Waals surface area contributed by atoms with Crippen LogP contribution in [0.5, 0.6) is 0 Å². The van der Waals surface area contributed by atoms with Crippen LogP contribution in [0.1, 0.15) is 27.2 Å². The fourth-order valence-corrected chi connectivity index (χ4v) is 3.63. The summed E-state index contributed by atoms with van der Waals surface area (Å²) in [6.45, 7) is 5.94. The lowest BCUT2D eigenvalue weighted by Gasteiger charge is -2.48. The van der Waals surface area contributed by atoms with Crippen molar-refractivity contribution in [1.29, 1.82) is 0 Å². The zero-order valence-corrected chi connectivity index (χ0v) is 14.2. The van der Waals surface area contributed by atoms with Crippen LogP contribution in [0.25, 0.3) is 0 Å². The Balaban J connectivity index is 2.08. The van der Waals surface area contributed by atoms with Crippen LogP contribution >= 0.6 is 11.8 Å². The Morgan fingerprint density at radius 3 is 2.65 bits per heavy atom. The minimum Gasteiger partial charge on any atom is -0.481 e. The fourth-order valence-electron chi connectivity index (χ4n) is 2.29. The Morgan fingerprint density at radius 2 is 2.13 bits per heavy atom. The maximum Gasteiger partial charge on any atom is 0.410 e. The molecule has 1 aliphatic rings. The third kappa shape index (κ3) is 4.51. The molecule has 1 saturated heterocycles. The summed E-state index contributed by atoms with van der Waals surface area (Å²) >= 11 is 1.31. The topological polar surface area (TPSA) is 106 Å². The maximum absolute atomic E-state index is 12.0. The molecule has 0 aliphatic carbocycles. The molecule has 126 valence electrons. The van der Waals surface area contributed by atoms with Crippen LogP contribution in [-0.2, 0) is 9.53 Å². The lowest BCUT2D eigenvalue weighted by Crippen LogP contribution is -2.62. The number of carbonyl (C=O) groups is 2. The third-order valence-corrected chi connectivity index (χ3v) is 4.57. The standard InChI is InChI=1S/C15H21N3O4S/c1-14(2,3)22-13(21)18-8-15(9-18,7-11(19)20)23-12-10(16)5-4-6-17-12/h4-6H,7-9,16H2,1-3H3,(H,19,20). The SMILES string of the molecule is CC(C)(C)OC(=O)N1CC(CC(=O)O)(Sc2ncccc2N)C1. The second-order valence-corrected chi connectivity index (χ2v) is 8.05. The van der Waals surface area contributed by atoms with Crippen LogP contribution in [0.2, 0.25) is 0 Å². The molecule has 0 aromatic carbocycles. The molecule has 1 aromatic rings. The van der Waals surface area contributed by atoms with Gasteiger partial charge in [-0.25, -0.2) is 9.78 Å². The Labute approximate surface area is 139 Å². The molecule has 3 N–H and O–H groups in total. The number of ether oxygens (including phenoxy) is 1. The third-order valence-electron chi connectivity index (χ3n) is 3.20. The normalized spacial score (nSPS) is 16.6. The summed E-state index contributed by atoms with van der Waals surface area (Å²) in [5.74, 6) is -0.921. The molecule has 0 unspecified atom stereocenters. The molecule has 0 atom stereocenters. The molecule has 8 heteroatoms. The van der Waals surface area contributed by atoms with Crippen LogP contribution in [0.3, 0.4) is 0 Å². The number of likely N-dealkylation sites (tertiary alicyclic amines) is 1. The summed E-state index contributed by atoms with van der Waals surface area (Å²) < 4.78 is 4.67. The van der Waals surface area contributed by atoms with Crippen molar-refractivity contribution in [2.75, 3.05) is 18.8 Å². The number of hydrogen-bond acceptors (Lipinski definition) is 6. The van der Waals surface area contributed by atoms with Gasteiger partial charge in [0, 0.05) is 19.3 Å². The van der Waals surface area contributed by atoms with E-state index in [2.05, 4.69) is 4.98 Å². The zero-order valence-electron chi connectivity index (χ0n) is 13.4. The minimum absolute atomic E-state index is 0.0764. The number of carboxylic acids is 1. The predicted octanol–water partition coefficient (Wildman–Crippen LogP) is 2.22. The van der Waals surface area contributed by atoms with E-state index in [9.17, 15) is 14.7 Å². The zero-order chi connectivity index (χ0) is 17.3. The van der Waals surface area contributed by atoms with Gasteiger partial charge in [-0.05, 0) is 32.9 Å². The number of pyridine rings is 1. The predicted molar refractivity (Wildman–Crippen MR) is 87.3 cm³/mol. The summed E-state index contributed by atoms with van der Waals surface area (Å²) in [7, 11) is 0. The highest BCUT2D eigenvalue weighted by molar-refractivity contribution is 8.00. The molecular weight excluding hydrogens is 318 g/mol. The number of anilines is 1. The van der Waals surface area contributed by atoms with Gasteiger partial charge in [-0.2, -0.15) is 0 Å². The first-order chi connectivity index (χ1) is 10.6. The number of nitrogens with zero attached hydrogens (tertiary/aromatic N) is 2. The Bertz CT molecular complexity index is 609. The molecular formula is C15H21N3O4S. The first kappa shape index (κ1) is 17.4. The van der Waals surface area contributed by atoms with E-state index in [0.29, 0.717) is 10.7 Å². The van der Waals surface area contributed by atoms with Gasteiger partial charge in [-0.3, -0.25) is 4.79 Å². The first-order valence-electron chi connectivity index (χ1n) is 7.19. The summed E-state index contributed by atoms with van der Waals surface area (Å²) in [4.78, 5) is 28.9. The number of aliphatic carboxylic acids is 1. The molecule has 2 rings (SSSR count). The first-order valence-corrected chi connectivity index (χ1v) is 8.01. The molecule has 0 spiro atoms. The van der Waals surface area contributed by atoms with Crippen LogP contribution in [-0.4, -0.2) is 50.5 Å². The monoisotopic (exact) mass is 339 g/mol. The lowest BCUT2D eigenvalue weighted by molar-refractivity contribution is -0.138. The van der Waals surface area contributed by atoms with Crippen molar-refractivity contribution in [1.82, 2.24) is 9.88 Å². The van der Waals surface area contributed by atoms with E-state index in [1.54, 1.807) is 39.1 Å². The maximum atomic E-state index is 12.0. The molecule has 23 heavy (non-hydrogen) atoms. The summed E-state index contributed by atoms with van der Waals surface area (Å²) in [6, 6.07) is 3.44. The number of carboxylic acid groups (broad SMARTS) is 1. The van der Waals surface area contributed by atoms with Crippen molar-refractivity contribution < 1.29 is 19.4 Å². The van der Waals surface area contributed by atoms with E-state index in [1.165, 1.54) is 16.7 Å². The molecule has 1 fully saturated rings. The van der Waals surface area contributed by atoms with Crippen molar-refractivity contribution >= 4 is 29.5 Å². The summed E-state index contributed by atoms with van der Waals surface area (Å²) in [5, 5.41) is 9.75. The second kappa shape index (κ2) is 6.27. The van der Waals surface area contributed by atoms with Crippen molar-refractivity contribution in [3.8, 4) is 0 Å². The number of thioether (sulfide) groups is 1. The van der Waals surface area contributed by atoms with Gasteiger partial charge in [0.05, 0.1) is 16.9 Å². The number of rotatable bonds is 4. The quantitative estimate of drug-likeness (QED) is 0.866. The molecule has 0 saturated carbocycles. The van der Waals surface area contributed by atoms with Gasteiger partial charge >= 0.3 is 12.1 Å². The molecule has 1 aromatic heterocycles. The van der Waals surface area contributed by atoms with Crippen molar-refractivity contribution in [3.05, 3.63) is 18.3 Å². The Hall–Kier alpha value is -1.96. The number of aromatic nitrogens is 1. The van der Waals surface area contributed by atoms with Crippen LogP contribution < -0.4 is 5.73 Å². The van der Waals surface area contributed by atoms with Crippen molar-refractivity contribution in [2.45, 2.75) is 42.6 Å². The van der Waals surface area contributed by atoms with Gasteiger partial charge in [0.2, 0.25) is 0 Å². The number of nitrogens with two attached hydrogens (primary N) is 1. The van der Waals surface area contributed by atoms with Crippen LogP contribution in [0, 0.1) is 0 Å². The molecule has 0 radical (unpaired) electrons. The average molecular weight is 339 g/mol. The van der Waals surface area contributed by atoms with E-state index < -0.39 is 22.4 Å². The van der Waals surface area contributed by atoms with Gasteiger partial charge in [0.15, 0.2) is 0 Å². The number of hydrogen-bond donors (Lipinski definition) is 2. The largest absolute Gasteiger partial charge is 0.481 e. The smallest absolute Gasteiger partial charge is 0.410 e. The molecule has 1 amide bonds. The van der Waals surface area contributed by atoms with Gasteiger partial charge in [0.1, 0.15) is 10.6 Å². The summed E-state index contributed by atoms with van der Waals surface area (Å²) in [6.07, 6.45) is 1.10. The van der Waals surface area contributed by atoms with Crippen LogP contribution in [0.15, 0.2) is 23.4 Å². The molecule has 7 nitrogen and oxygen atoms in total. The van der Waals surface area contributed by atoms with E-state index >= 15 is 0 Å². The Kier molecular flexibility index (Phi) is 4.74. The fraction of sp³-hybridized carbons (Fsp3) is 0.533. The van der Waals surface area contributed by atoms with E-state index in [-0.39, 0.29) is 19.5 Å². The van der Waals surface area contributed by atoms with E-state index in [4.69, 9.17) is 10.5 Å². The van der Waals surface area contributed by atoms with Crippen molar-refractivity contribution in [2.24, 2.45) is 0 Å². The molecule has 0 bridgehead atoms. The number of nitrogen functional groups attached to an aromatic ring is 1. The van der Waals surface area contributed by atoms with Gasteiger partial charge in [-0.1, -0.05) is 11.8 Å². The van der Waals surface area contributed by atoms with E-state index in [1.807, 2.05) is 0 Å². The lowest BCUT2D eigenvalue weighted by atomic mass is 9.95. The van der Waals surface area contributed by atoms with Crippen molar-refractivity contribution in [3.63, 3.8) is 0 Å². The highest BCUT2D eigenvalue weighted by Crippen LogP contribution is 2.44. The summed E-state index contributed by atoms with van der Waals surface area (Å²) in [5.41, 5.74) is 5.79. The Morgan fingerprint density at radius 1 is 1.48 bits per heavy atom. The highest BCUT2D eigenvalue weighted by Gasteiger charge is 2.49. The number of amides is 1. The van der Waals surface area contributed by atoms with E-state index in [0.717, 1.165) is 0 Å². The second-order valence-electron chi connectivity index (χ2n) is 6.59. The van der Waals surface area contributed by atoms with Gasteiger partial charge in [0.25, 0.3) is 0 Å². The highest BCUT2D eigenvalue weighted by atomic mass is 32.2. The van der Waals surface area contributed by atoms with Gasteiger partial charge < -0.3 is 20.5 Å². The average Bonchev–Trinajstić information content (AvgIpc) is 2.35. The molecule has 1 aliphatic heterocycles. The molecule has 2 heterocycles. The van der Waals surface area contributed by atoms with Crippen LogP contribution in [0.4, 0.5) is 10.5 Å². The minimum atomic E-state index is -0.921.